The Morgan fingerprint density at radius 2 is 2.20 bits per heavy atom. The van der Waals surface area contributed by atoms with Crippen LogP contribution in [0.15, 0.2) is 35.5 Å². The molecule has 0 bridgehead atoms. The highest BCUT2D eigenvalue weighted by molar-refractivity contribution is 9.10. The lowest BCUT2D eigenvalue weighted by atomic mass is 10.1. The first-order chi connectivity index (χ1) is 14.4. The van der Waals surface area contributed by atoms with E-state index in [9.17, 15) is 9.59 Å². The van der Waals surface area contributed by atoms with Gasteiger partial charge < -0.3 is 20.1 Å². The van der Waals surface area contributed by atoms with E-state index in [1.165, 1.54) is 12.3 Å². The predicted octanol–water partition coefficient (Wildman–Crippen LogP) is 2.45. The van der Waals surface area contributed by atoms with Crippen LogP contribution in [0.4, 0.5) is 5.82 Å². The Kier molecular flexibility index (Phi) is 5.52. The number of aromatic nitrogens is 4. The number of likely N-dealkylation sites (tertiary alicyclic amines) is 1. The molecule has 11 heteroatoms. The zero-order valence-corrected chi connectivity index (χ0v) is 18.4. The number of imidazole rings is 1. The fraction of sp³-hybridized carbons (Fsp3) is 0.263. The molecule has 3 heterocycles. The summed E-state index contributed by atoms with van der Waals surface area (Å²) in [4.78, 5) is 30.0. The van der Waals surface area contributed by atoms with Gasteiger partial charge >= 0.3 is 0 Å². The topological polar surface area (TPSA) is 108 Å². The highest BCUT2D eigenvalue weighted by Crippen LogP contribution is 2.30. The van der Waals surface area contributed by atoms with E-state index in [-0.39, 0.29) is 17.9 Å². The van der Waals surface area contributed by atoms with E-state index in [0.717, 1.165) is 15.4 Å². The molecule has 1 aliphatic heterocycles. The van der Waals surface area contributed by atoms with Gasteiger partial charge in [-0.2, -0.15) is 5.10 Å². The third-order valence-corrected chi connectivity index (χ3v) is 6.23. The number of fused-ring (bicyclic) bond motifs is 1. The number of rotatable bonds is 6. The zero-order valence-electron chi connectivity index (χ0n) is 16.1. The highest BCUT2D eigenvalue weighted by Gasteiger charge is 2.31. The first-order valence-corrected chi connectivity index (χ1v) is 10.3. The first-order valence-electron chi connectivity index (χ1n) is 9.17. The van der Waals surface area contributed by atoms with Crippen molar-refractivity contribution in [3.63, 3.8) is 0 Å². The second-order valence-electron chi connectivity index (χ2n) is 6.97. The van der Waals surface area contributed by atoms with Crippen LogP contribution in [0, 0.1) is 0 Å². The van der Waals surface area contributed by atoms with Crippen LogP contribution in [0.1, 0.15) is 16.3 Å². The molecule has 156 valence electrons. The van der Waals surface area contributed by atoms with E-state index in [2.05, 4.69) is 48.3 Å². The van der Waals surface area contributed by atoms with Crippen LogP contribution in [0.25, 0.3) is 10.9 Å². The summed E-state index contributed by atoms with van der Waals surface area (Å²) in [5.74, 6) is 0.990. The van der Waals surface area contributed by atoms with Gasteiger partial charge in [0.05, 0.1) is 29.3 Å². The summed E-state index contributed by atoms with van der Waals surface area (Å²) in [6.45, 7) is 4.81. The second-order valence-corrected chi connectivity index (χ2v) is 8.24. The maximum absolute atomic E-state index is 12.6. The molecule has 1 fully saturated rings. The van der Waals surface area contributed by atoms with Crippen molar-refractivity contribution in [2.75, 3.05) is 18.4 Å². The summed E-state index contributed by atoms with van der Waals surface area (Å²) in [6.07, 6.45) is 2.81. The summed E-state index contributed by atoms with van der Waals surface area (Å²) in [6, 6.07) is 3.62. The summed E-state index contributed by atoms with van der Waals surface area (Å²) in [7, 11) is 1.78. The third kappa shape index (κ3) is 3.80. The Morgan fingerprint density at radius 1 is 1.43 bits per heavy atom. The van der Waals surface area contributed by atoms with E-state index >= 15 is 0 Å². The van der Waals surface area contributed by atoms with Crippen LogP contribution >= 0.6 is 27.5 Å². The number of carbonyl (C=O) groups excluding carboxylic acids is 2. The number of benzene rings is 1. The van der Waals surface area contributed by atoms with Crippen molar-refractivity contribution < 1.29 is 9.59 Å². The van der Waals surface area contributed by atoms with Crippen molar-refractivity contribution in [1.82, 2.24) is 30.0 Å². The van der Waals surface area contributed by atoms with E-state index in [1.54, 1.807) is 22.6 Å². The number of aromatic amines is 1. The molecule has 3 N–H and O–H groups in total. The van der Waals surface area contributed by atoms with Crippen LogP contribution in [0.3, 0.4) is 0 Å². The van der Waals surface area contributed by atoms with Crippen molar-refractivity contribution >= 4 is 56.1 Å². The van der Waals surface area contributed by atoms with Gasteiger partial charge in [0, 0.05) is 30.0 Å². The Labute approximate surface area is 185 Å². The van der Waals surface area contributed by atoms with E-state index < -0.39 is 0 Å². The number of hydrogen-bond donors (Lipinski definition) is 3. The number of hydrogen-bond acceptors (Lipinski definition) is 5. The third-order valence-electron chi connectivity index (χ3n) is 5.04. The maximum atomic E-state index is 12.6. The molecule has 2 amide bonds. The summed E-state index contributed by atoms with van der Waals surface area (Å²) in [5.41, 5.74) is 1.26. The van der Waals surface area contributed by atoms with E-state index in [4.69, 9.17) is 11.6 Å². The van der Waals surface area contributed by atoms with Gasteiger partial charge in [0.15, 0.2) is 5.82 Å². The van der Waals surface area contributed by atoms with Crippen LogP contribution < -0.4 is 10.6 Å². The molecule has 0 saturated carbocycles. The van der Waals surface area contributed by atoms with Crippen molar-refractivity contribution in [2.24, 2.45) is 7.05 Å². The molecular weight excluding hydrogens is 474 g/mol. The van der Waals surface area contributed by atoms with Crippen LogP contribution in [0.5, 0.6) is 0 Å². The lowest BCUT2D eigenvalue weighted by Crippen LogP contribution is -2.60. The molecule has 0 atom stereocenters. The Morgan fingerprint density at radius 3 is 2.93 bits per heavy atom. The van der Waals surface area contributed by atoms with Gasteiger partial charge in [-0.05, 0) is 34.1 Å². The molecule has 2 aromatic heterocycles. The fourth-order valence-corrected chi connectivity index (χ4v) is 3.78. The lowest BCUT2D eigenvalue weighted by Gasteiger charge is -2.38. The number of nitrogens with zero attached hydrogens (tertiary/aromatic N) is 4. The number of nitrogens with one attached hydrogen (secondary N) is 3. The number of carbonyl (C=O) groups is 2. The van der Waals surface area contributed by atoms with Gasteiger partial charge in [-0.25, -0.2) is 4.98 Å². The zero-order chi connectivity index (χ0) is 21.4. The maximum Gasteiger partial charge on any atom is 0.269 e. The molecular formula is C19H19BrClN7O2. The number of amides is 2. The van der Waals surface area contributed by atoms with Gasteiger partial charge in [0.2, 0.25) is 5.91 Å². The van der Waals surface area contributed by atoms with Gasteiger partial charge in [0.25, 0.3) is 5.91 Å². The minimum Gasteiger partial charge on any atom is -0.361 e. The van der Waals surface area contributed by atoms with Gasteiger partial charge in [0.1, 0.15) is 11.5 Å². The minimum atomic E-state index is -0.226. The highest BCUT2D eigenvalue weighted by atomic mass is 79.9. The smallest absolute Gasteiger partial charge is 0.269 e. The van der Waals surface area contributed by atoms with Crippen LogP contribution in [0.2, 0.25) is 5.02 Å². The summed E-state index contributed by atoms with van der Waals surface area (Å²) < 4.78 is 2.51. The van der Waals surface area contributed by atoms with E-state index in [1.807, 2.05) is 6.07 Å². The van der Waals surface area contributed by atoms with Gasteiger partial charge in [-0.15, -0.1) is 0 Å². The summed E-state index contributed by atoms with van der Waals surface area (Å²) in [5, 5.41) is 14.9. The average Bonchev–Trinajstić information content (AvgIpc) is 3.25. The largest absolute Gasteiger partial charge is 0.361 e. The molecule has 0 unspecified atom stereocenters. The normalized spacial score (nSPS) is 13.9. The number of anilines is 1. The molecule has 0 radical (unpaired) electrons. The monoisotopic (exact) mass is 491 g/mol. The molecule has 1 aromatic carbocycles. The molecule has 4 rings (SSSR count). The Hall–Kier alpha value is -2.85. The lowest BCUT2D eigenvalue weighted by molar-refractivity contribution is -0.130. The minimum absolute atomic E-state index is 0.0708. The van der Waals surface area contributed by atoms with Gasteiger partial charge in [-0.3, -0.25) is 14.7 Å². The quantitative estimate of drug-likeness (QED) is 0.458. The number of halogens is 2. The predicted molar refractivity (Wildman–Crippen MR) is 117 cm³/mol. The van der Waals surface area contributed by atoms with E-state index in [0.29, 0.717) is 42.0 Å². The van der Waals surface area contributed by atoms with Crippen molar-refractivity contribution in [3.05, 3.63) is 52.0 Å². The number of H-pyrrole nitrogens is 1. The first kappa shape index (κ1) is 20.4. The molecule has 3 aromatic rings. The van der Waals surface area contributed by atoms with Crippen molar-refractivity contribution in [1.29, 1.82) is 0 Å². The molecule has 30 heavy (non-hydrogen) atoms. The average molecular weight is 493 g/mol. The van der Waals surface area contributed by atoms with Crippen LogP contribution in [-0.2, 0) is 18.4 Å². The van der Waals surface area contributed by atoms with Crippen molar-refractivity contribution in [3.8, 4) is 0 Å². The molecule has 9 nitrogen and oxygen atoms in total. The molecule has 0 spiro atoms. The molecule has 1 aliphatic rings. The second kappa shape index (κ2) is 8.11. The molecule has 0 aliphatic carbocycles. The Balaban J connectivity index is 1.39. The molecule has 1 saturated heterocycles. The van der Waals surface area contributed by atoms with Crippen molar-refractivity contribution in [2.45, 2.75) is 12.6 Å². The van der Waals surface area contributed by atoms with Crippen LogP contribution in [-0.4, -0.2) is 55.6 Å². The fourth-order valence-electron chi connectivity index (χ4n) is 3.27. The standard InChI is InChI=1S/C19H19BrClN7O2/c1-3-17(29)28-8-10(9-28)24-19(30)15-6-22-16(27(15)2)7-23-18-11-4-12(20)13(21)5-14(11)25-26-18/h3-6,10H,1,7-9H2,2H3,(H,24,30)(H2,23,25,26). The Bertz CT molecular complexity index is 1150. The SMILES string of the molecule is C=CC(=O)N1CC(NC(=O)c2cnc(CNc3n[nH]c4cc(Cl)c(Br)cc34)n2C)C1. The summed E-state index contributed by atoms with van der Waals surface area (Å²) >= 11 is 9.53. The van der Waals surface area contributed by atoms with Gasteiger partial charge in [-0.1, -0.05) is 18.2 Å².